The molecule has 1 saturated heterocycles. The van der Waals surface area contributed by atoms with Crippen molar-refractivity contribution < 1.29 is 40.9 Å². The Morgan fingerprint density at radius 1 is 1.05 bits per heavy atom. The molecule has 14 heteroatoms. The van der Waals surface area contributed by atoms with Crippen LogP contribution in [-0.4, -0.2) is 45.0 Å². The van der Waals surface area contributed by atoms with E-state index >= 15 is 0 Å². The normalized spacial score (nSPS) is 18.2. The van der Waals surface area contributed by atoms with Gasteiger partial charge in [0.25, 0.3) is 0 Å². The molecule has 2 aliphatic rings. The van der Waals surface area contributed by atoms with E-state index in [4.69, 9.17) is 32.7 Å². The average Bonchev–Trinajstić information content (AvgIpc) is 3.83. The summed E-state index contributed by atoms with van der Waals surface area (Å²) in [6.07, 6.45) is 3.87. The molecule has 2 heterocycles. The Hall–Kier alpha value is -3.19. The molecular formula is C30H30Cl2F2N2O7S. The van der Waals surface area contributed by atoms with Crippen LogP contribution in [0.2, 0.25) is 10.0 Å². The minimum Gasteiger partial charge on any atom is -0.619 e. The Kier molecular flexibility index (Phi) is 10.1. The van der Waals surface area contributed by atoms with Crippen molar-refractivity contribution in [1.29, 1.82) is 0 Å². The Morgan fingerprint density at radius 2 is 1.75 bits per heavy atom. The Balaban J connectivity index is 1.42. The van der Waals surface area contributed by atoms with Gasteiger partial charge in [0, 0.05) is 25.1 Å². The maximum absolute atomic E-state index is 13.6. The van der Waals surface area contributed by atoms with Crippen molar-refractivity contribution in [3.63, 3.8) is 0 Å². The lowest BCUT2D eigenvalue weighted by Crippen LogP contribution is -2.43. The molecular weight excluding hydrogens is 641 g/mol. The molecule has 236 valence electrons. The molecule has 1 saturated carbocycles. The summed E-state index contributed by atoms with van der Waals surface area (Å²) in [6.45, 7) is -2.61. The molecule has 3 aromatic rings. The van der Waals surface area contributed by atoms with Gasteiger partial charge < -0.3 is 19.4 Å². The first-order valence-corrected chi connectivity index (χ1v) is 16.2. The molecule has 0 N–H and O–H groups in total. The van der Waals surface area contributed by atoms with Crippen LogP contribution in [0.5, 0.6) is 11.5 Å². The molecule has 2 atom stereocenters. The van der Waals surface area contributed by atoms with Gasteiger partial charge in [0.2, 0.25) is 10.0 Å². The van der Waals surface area contributed by atoms with Gasteiger partial charge in [-0.3, -0.25) is 4.79 Å². The number of nitrogens with zero attached hydrogens (tertiary/aromatic N) is 2. The smallest absolute Gasteiger partial charge is 0.387 e. The number of alkyl halides is 2. The summed E-state index contributed by atoms with van der Waals surface area (Å²) >= 11 is 12.7. The summed E-state index contributed by atoms with van der Waals surface area (Å²) in [6, 6.07) is 12.2. The number of hydrogen-bond acceptors (Lipinski definition) is 7. The number of aromatic nitrogens is 1. The van der Waals surface area contributed by atoms with Crippen molar-refractivity contribution in [1.82, 2.24) is 4.31 Å². The largest absolute Gasteiger partial charge is 0.619 e. The first-order valence-electron chi connectivity index (χ1n) is 14.0. The van der Waals surface area contributed by atoms with Crippen molar-refractivity contribution in [3.8, 4) is 11.5 Å². The Morgan fingerprint density at radius 3 is 2.41 bits per heavy atom. The highest BCUT2D eigenvalue weighted by Gasteiger charge is 2.36. The summed E-state index contributed by atoms with van der Waals surface area (Å²) in [4.78, 5) is 13.7. The molecule has 1 aliphatic heterocycles. The molecule has 0 amide bonds. The highest BCUT2D eigenvalue weighted by molar-refractivity contribution is 7.89. The number of ether oxygens (including phenoxy) is 3. The molecule has 1 aliphatic carbocycles. The van der Waals surface area contributed by atoms with Crippen LogP contribution >= 0.6 is 23.2 Å². The van der Waals surface area contributed by atoms with E-state index in [9.17, 15) is 27.2 Å². The zero-order chi connectivity index (χ0) is 31.4. The number of hydrogen-bond donors (Lipinski definition) is 0. The van der Waals surface area contributed by atoms with Crippen LogP contribution in [0.15, 0.2) is 65.8 Å². The standard InChI is InChI=1S/C30H30Cl2F2N2O7S/c31-24-16-35(38)17-25(32)23(24)14-27(20-10-11-26(43-30(33)34)28(13-20)41-18-19-8-9-19)42-29(37)21-5-4-12-36(15-21)44(39,40)22-6-2-1-3-7-22/h1-3,6-7,10-11,13,16-17,19,21,27,30H,4-5,8-9,12,14-15,18H2/t21-,27-/m0/s1. The van der Waals surface area contributed by atoms with E-state index in [0.29, 0.717) is 41.2 Å². The SMILES string of the molecule is O=C(O[C@@H](Cc1c(Cl)c[n+]([O-])cc1Cl)c1ccc(OC(F)F)c(OCC2CC2)c1)[C@H]1CCCN(S(=O)(=O)c2ccccc2)C1. The molecule has 0 radical (unpaired) electrons. The third-order valence-electron chi connectivity index (χ3n) is 7.53. The van der Waals surface area contributed by atoms with E-state index in [0.717, 1.165) is 25.2 Å². The summed E-state index contributed by atoms with van der Waals surface area (Å²) in [5, 5.41) is 11.9. The summed E-state index contributed by atoms with van der Waals surface area (Å²) in [7, 11) is -3.83. The highest BCUT2D eigenvalue weighted by atomic mass is 35.5. The molecule has 2 aromatic carbocycles. The Labute approximate surface area is 263 Å². The minimum absolute atomic E-state index is 0.0363. The van der Waals surface area contributed by atoms with E-state index in [-0.39, 0.29) is 46.0 Å². The van der Waals surface area contributed by atoms with E-state index in [1.807, 2.05) is 0 Å². The molecule has 44 heavy (non-hydrogen) atoms. The van der Waals surface area contributed by atoms with Crippen LogP contribution < -0.4 is 14.2 Å². The predicted octanol–water partition coefficient (Wildman–Crippen LogP) is 5.94. The van der Waals surface area contributed by atoms with Crippen LogP contribution in [0.3, 0.4) is 0 Å². The lowest BCUT2D eigenvalue weighted by atomic mass is 9.98. The van der Waals surface area contributed by atoms with Gasteiger partial charge in [0.1, 0.15) is 16.1 Å². The van der Waals surface area contributed by atoms with E-state index in [1.165, 1.54) is 34.6 Å². The van der Waals surface area contributed by atoms with Gasteiger partial charge in [0.15, 0.2) is 23.9 Å². The number of halogens is 4. The highest BCUT2D eigenvalue weighted by Crippen LogP contribution is 2.38. The minimum atomic E-state index is -3.83. The van der Waals surface area contributed by atoms with Gasteiger partial charge in [-0.1, -0.05) is 47.5 Å². The molecule has 0 unspecified atom stereocenters. The molecule has 0 spiro atoms. The molecule has 0 bridgehead atoms. The lowest BCUT2D eigenvalue weighted by Gasteiger charge is -2.32. The lowest BCUT2D eigenvalue weighted by molar-refractivity contribution is -0.605. The number of sulfonamides is 1. The van der Waals surface area contributed by atoms with Crippen LogP contribution in [0.1, 0.15) is 42.9 Å². The monoisotopic (exact) mass is 670 g/mol. The first kappa shape index (κ1) is 32.2. The number of esters is 1. The van der Waals surface area contributed by atoms with E-state index in [2.05, 4.69) is 4.74 Å². The second-order valence-electron chi connectivity index (χ2n) is 10.8. The first-order chi connectivity index (χ1) is 21.0. The van der Waals surface area contributed by atoms with Crippen molar-refractivity contribution in [2.24, 2.45) is 11.8 Å². The third-order valence-corrected chi connectivity index (χ3v) is 10.1. The second-order valence-corrected chi connectivity index (χ2v) is 13.5. The van der Waals surface area contributed by atoms with Crippen molar-refractivity contribution >= 4 is 39.2 Å². The second kappa shape index (κ2) is 13.8. The molecule has 9 nitrogen and oxygen atoms in total. The van der Waals surface area contributed by atoms with Crippen LogP contribution in [0, 0.1) is 17.0 Å². The summed E-state index contributed by atoms with van der Waals surface area (Å²) in [5.74, 6) is -1.24. The number of carbonyl (C=O) groups is 1. The van der Waals surface area contributed by atoms with Crippen LogP contribution in [0.4, 0.5) is 8.78 Å². The quantitative estimate of drug-likeness (QED) is 0.133. The van der Waals surface area contributed by atoms with Crippen LogP contribution in [0.25, 0.3) is 0 Å². The fourth-order valence-electron chi connectivity index (χ4n) is 4.99. The van der Waals surface area contributed by atoms with Gasteiger partial charge in [-0.05, 0) is 61.4 Å². The zero-order valence-electron chi connectivity index (χ0n) is 23.4. The maximum Gasteiger partial charge on any atom is 0.387 e. The van der Waals surface area contributed by atoms with Crippen LogP contribution in [-0.2, 0) is 26.0 Å². The number of benzene rings is 2. The van der Waals surface area contributed by atoms with Crippen molar-refractivity contribution in [3.05, 3.63) is 87.3 Å². The van der Waals surface area contributed by atoms with Gasteiger partial charge >= 0.3 is 12.6 Å². The summed E-state index contributed by atoms with van der Waals surface area (Å²) < 4.78 is 70.9. The van der Waals surface area contributed by atoms with E-state index in [1.54, 1.807) is 18.2 Å². The number of rotatable bonds is 12. The molecule has 1 aromatic heterocycles. The predicted molar refractivity (Wildman–Crippen MR) is 157 cm³/mol. The average molecular weight is 672 g/mol. The Bertz CT molecular complexity index is 1570. The van der Waals surface area contributed by atoms with Gasteiger partial charge in [-0.25, -0.2) is 8.42 Å². The fourth-order valence-corrected chi connectivity index (χ4v) is 7.14. The fraction of sp³-hybridized carbons (Fsp3) is 0.400. The number of carbonyl (C=O) groups excluding carboxylic acids is 1. The third kappa shape index (κ3) is 7.90. The number of piperidine rings is 1. The van der Waals surface area contributed by atoms with E-state index < -0.39 is 34.6 Å². The van der Waals surface area contributed by atoms with Gasteiger partial charge in [0.05, 0.1) is 17.4 Å². The van der Waals surface area contributed by atoms with Gasteiger partial charge in [-0.2, -0.15) is 17.8 Å². The summed E-state index contributed by atoms with van der Waals surface area (Å²) in [5.41, 5.74) is 0.699. The van der Waals surface area contributed by atoms with Crippen molar-refractivity contribution in [2.45, 2.75) is 49.7 Å². The molecule has 5 rings (SSSR count). The number of pyridine rings is 1. The topological polar surface area (TPSA) is 109 Å². The maximum atomic E-state index is 13.6. The van der Waals surface area contributed by atoms with Crippen molar-refractivity contribution in [2.75, 3.05) is 19.7 Å². The van der Waals surface area contributed by atoms with Gasteiger partial charge in [-0.15, -0.1) is 0 Å². The zero-order valence-corrected chi connectivity index (χ0v) is 25.7. The molecule has 2 fully saturated rings.